The fourth-order valence-electron chi connectivity index (χ4n) is 0.724. The molecule has 1 heterocycles. The van der Waals surface area contributed by atoms with E-state index < -0.39 is 20.7 Å². The maximum atomic E-state index is 10.9. The van der Waals surface area contributed by atoms with Gasteiger partial charge in [-0.3, -0.25) is 0 Å². The summed E-state index contributed by atoms with van der Waals surface area (Å²) in [6.07, 6.45) is 0. The molecule has 16 heavy (non-hydrogen) atoms. The first-order chi connectivity index (χ1) is 7.10. The molecular formula is C4H8N3O6P2S+. The van der Waals surface area contributed by atoms with Gasteiger partial charge in [0.25, 0.3) is 0 Å². The van der Waals surface area contributed by atoms with Crippen LogP contribution in [0.4, 0.5) is 5.13 Å². The summed E-state index contributed by atoms with van der Waals surface area (Å²) in [6.45, 7) is 1.58. The highest BCUT2D eigenvalue weighted by Crippen LogP contribution is 2.61. The number of aliphatic imine (C=N–C) groups is 1. The molecule has 0 atom stereocenters. The molecule has 0 saturated carbocycles. The maximum Gasteiger partial charge on any atom is 0.469 e. The maximum absolute atomic E-state index is 10.9. The zero-order valence-electron chi connectivity index (χ0n) is 7.79. The summed E-state index contributed by atoms with van der Waals surface area (Å²) >= 11 is 0.880. The van der Waals surface area contributed by atoms with E-state index in [4.69, 9.17) is 24.5 Å². The lowest BCUT2D eigenvalue weighted by Crippen LogP contribution is -2.05. The zero-order valence-corrected chi connectivity index (χ0v) is 10.4. The van der Waals surface area contributed by atoms with Crippen molar-refractivity contribution in [2.45, 2.75) is 6.92 Å². The molecule has 12 heteroatoms. The molecule has 0 unspecified atom stereocenters. The van der Waals surface area contributed by atoms with Gasteiger partial charge in [0, 0.05) is 0 Å². The quantitative estimate of drug-likeness (QED) is 0.376. The van der Waals surface area contributed by atoms with E-state index >= 15 is 0 Å². The number of aromatic nitrogens is 2. The van der Waals surface area contributed by atoms with Gasteiger partial charge in [0.2, 0.25) is 5.13 Å². The smallest absolute Gasteiger partial charge is 0.317 e. The van der Waals surface area contributed by atoms with Gasteiger partial charge in [-0.2, -0.15) is 19.7 Å². The SMILES string of the molecule is Cc1nnc(N=C(P(=O)(O)O)[P+](O)(O)O)s1. The number of aryl methyl sites for hydroxylation is 1. The Morgan fingerprint density at radius 3 is 2.25 bits per heavy atom. The fraction of sp³-hybridized carbons (Fsp3) is 0.250. The Kier molecular flexibility index (Phi) is 3.88. The van der Waals surface area contributed by atoms with E-state index in [1.165, 1.54) is 0 Å². The van der Waals surface area contributed by atoms with Crippen LogP contribution in [0.5, 0.6) is 0 Å². The van der Waals surface area contributed by atoms with Crippen LogP contribution in [-0.4, -0.2) is 39.9 Å². The van der Waals surface area contributed by atoms with Gasteiger partial charge >= 0.3 is 20.7 Å². The van der Waals surface area contributed by atoms with Crippen LogP contribution in [0.15, 0.2) is 4.99 Å². The molecule has 0 aromatic carbocycles. The van der Waals surface area contributed by atoms with Gasteiger partial charge in [-0.25, -0.2) is 4.57 Å². The van der Waals surface area contributed by atoms with Crippen molar-refractivity contribution in [1.29, 1.82) is 0 Å². The van der Waals surface area contributed by atoms with Gasteiger partial charge in [-0.15, -0.1) is 10.2 Å². The molecular weight excluding hydrogens is 280 g/mol. The van der Waals surface area contributed by atoms with E-state index in [9.17, 15) is 4.57 Å². The molecule has 0 spiro atoms. The molecule has 0 aliphatic rings. The van der Waals surface area contributed by atoms with Gasteiger partial charge in [0.15, 0.2) is 0 Å². The minimum absolute atomic E-state index is 0.183. The normalized spacial score (nSPS) is 14.2. The molecule has 1 rings (SSSR count). The fourth-order valence-corrected chi connectivity index (χ4v) is 3.28. The summed E-state index contributed by atoms with van der Waals surface area (Å²) in [5.74, 6) is 0. The second kappa shape index (κ2) is 4.52. The van der Waals surface area contributed by atoms with Crippen molar-refractivity contribution in [2.75, 3.05) is 0 Å². The standard InChI is InChI=1S/C4H7N3O6P2S/c1-2-6-7-3(16-2)5-4(14(8,9)10)15(11,12)13/h8-10H,1H3,(H-,11,12,13)/p+1. The molecule has 0 amide bonds. The predicted octanol–water partition coefficient (Wildman–Crippen LogP) is -0.249. The summed E-state index contributed by atoms with van der Waals surface area (Å²) in [5, 5.41) is 5.81. The Morgan fingerprint density at radius 2 is 1.94 bits per heavy atom. The van der Waals surface area contributed by atoms with Crippen LogP contribution in [0, 0.1) is 6.92 Å². The first kappa shape index (κ1) is 13.8. The Balaban J connectivity index is 3.23. The van der Waals surface area contributed by atoms with Crippen molar-refractivity contribution in [3.8, 4) is 0 Å². The molecule has 0 saturated heterocycles. The number of hydrogen-bond donors (Lipinski definition) is 5. The van der Waals surface area contributed by atoms with E-state index in [0.29, 0.717) is 5.01 Å². The zero-order chi connectivity index (χ0) is 12.6. The van der Waals surface area contributed by atoms with Crippen molar-refractivity contribution in [2.24, 2.45) is 4.99 Å². The van der Waals surface area contributed by atoms with Crippen LogP contribution in [0.3, 0.4) is 0 Å². The lowest BCUT2D eigenvalue weighted by molar-refractivity contribution is 0.349. The van der Waals surface area contributed by atoms with Crippen molar-refractivity contribution >= 4 is 37.2 Å². The van der Waals surface area contributed by atoms with Gasteiger partial charge in [-0.05, 0) is 6.92 Å². The molecule has 0 fully saturated rings. The largest absolute Gasteiger partial charge is 0.469 e. The van der Waals surface area contributed by atoms with E-state index in [1.807, 2.05) is 0 Å². The Morgan fingerprint density at radius 1 is 1.38 bits per heavy atom. The van der Waals surface area contributed by atoms with Crippen molar-refractivity contribution in [3.05, 3.63) is 5.01 Å². The van der Waals surface area contributed by atoms with E-state index in [2.05, 4.69) is 15.2 Å². The lowest BCUT2D eigenvalue weighted by atomic mass is 10.9. The Bertz CT molecular complexity index is 461. The monoisotopic (exact) mass is 288 g/mol. The van der Waals surface area contributed by atoms with Crippen molar-refractivity contribution in [3.63, 3.8) is 0 Å². The van der Waals surface area contributed by atoms with Crippen LogP contribution >= 0.6 is 26.9 Å². The van der Waals surface area contributed by atoms with Gasteiger partial charge in [0.05, 0.1) is 0 Å². The number of nitrogens with zero attached hydrogens (tertiary/aromatic N) is 3. The summed E-state index contributed by atoms with van der Waals surface area (Å²) < 4.78 is 10.9. The van der Waals surface area contributed by atoms with Crippen LogP contribution < -0.4 is 0 Å². The molecule has 5 N–H and O–H groups in total. The molecule has 9 nitrogen and oxygen atoms in total. The minimum Gasteiger partial charge on any atom is -0.317 e. The van der Waals surface area contributed by atoms with Crippen LogP contribution in [0.2, 0.25) is 0 Å². The third-order valence-corrected chi connectivity index (χ3v) is 4.82. The Hall–Kier alpha value is -0.310. The molecule has 0 bridgehead atoms. The number of rotatable bonds is 3. The van der Waals surface area contributed by atoms with Gasteiger partial charge < -0.3 is 9.79 Å². The average molecular weight is 288 g/mol. The first-order valence-electron chi connectivity index (χ1n) is 3.63. The predicted molar refractivity (Wildman–Crippen MR) is 57.4 cm³/mol. The van der Waals surface area contributed by atoms with Crippen LogP contribution in [0.25, 0.3) is 0 Å². The summed E-state index contributed by atoms with van der Waals surface area (Å²) in [6, 6.07) is 0. The number of hydrogen-bond acceptors (Lipinski definition) is 8. The first-order valence-corrected chi connectivity index (χ1v) is 7.71. The summed E-state index contributed by atoms with van der Waals surface area (Å²) in [7, 11) is -9.94. The Labute approximate surface area is 93.9 Å². The second-order valence-corrected chi connectivity index (χ2v) is 7.21. The minimum atomic E-state index is -5.07. The molecule has 0 aliphatic heterocycles. The molecule has 1 aromatic rings. The highest BCUT2D eigenvalue weighted by Gasteiger charge is 2.52. The summed E-state index contributed by atoms with van der Waals surface area (Å²) in [5.41, 5.74) is 0. The molecule has 0 radical (unpaired) electrons. The molecule has 90 valence electrons. The topological polar surface area (TPSA) is 156 Å². The van der Waals surface area contributed by atoms with Crippen LogP contribution in [-0.2, 0) is 4.57 Å². The lowest BCUT2D eigenvalue weighted by Gasteiger charge is -2.06. The van der Waals surface area contributed by atoms with Crippen LogP contribution in [0.1, 0.15) is 5.01 Å². The second-order valence-electron chi connectivity index (χ2n) is 2.63. The molecule has 0 aliphatic carbocycles. The van der Waals surface area contributed by atoms with Gasteiger partial charge in [0.1, 0.15) is 5.01 Å². The third-order valence-electron chi connectivity index (χ3n) is 1.24. The van der Waals surface area contributed by atoms with E-state index in [1.54, 1.807) is 6.92 Å². The highest BCUT2D eigenvalue weighted by atomic mass is 32.1. The summed E-state index contributed by atoms with van der Waals surface area (Å²) in [4.78, 5) is 47.3. The average Bonchev–Trinajstić information content (AvgIpc) is 2.43. The third kappa shape index (κ3) is 3.62. The van der Waals surface area contributed by atoms with Gasteiger partial charge in [-0.1, -0.05) is 11.3 Å². The highest BCUT2D eigenvalue weighted by molar-refractivity contribution is 8.00. The van der Waals surface area contributed by atoms with Crippen molar-refractivity contribution in [1.82, 2.24) is 10.2 Å². The molecule has 1 aromatic heterocycles. The van der Waals surface area contributed by atoms with E-state index in [-0.39, 0.29) is 5.13 Å². The van der Waals surface area contributed by atoms with Crippen molar-refractivity contribution < 1.29 is 29.0 Å². The van der Waals surface area contributed by atoms with E-state index in [0.717, 1.165) is 11.3 Å².